The first-order chi connectivity index (χ1) is 9.72. The number of nitrogens with one attached hydrogen (secondary N) is 1. The fraction of sp³-hybridized carbons (Fsp3) is 0.0833. The summed E-state index contributed by atoms with van der Waals surface area (Å²) in [6, 6.07) is 1.51. The first kappa shape index (κ1) is 12.0. The zero-order valence-corrected chi connectivity index (χ0v) is 10.5. The second-order valence-electron chi connectivity index (χ2n) is 4.02. The maximum Gasteiger partial charge on any atom is 0.277 e. The number of hydrogen-bond donors (Lipinski definition) is 1. The van der Waals surface area contributed by atoms with E-state index in [-0.39, 0.29) is 13.0 Å². The Morgan fingerprint density at radius 2 is 2.30 bits per heavy atom. The lowest BCUT2D eigenvalue weighted by Crippen LogP contribution is -2.11. The number of carbonyl (C=O) groups is 1. The fourth-order valence-corrected chi connectivity index (χ4v) is 1.61. The van der Waals surface area contributed by atoms with Crippen molar-refractivity contribution in [2.75, 3.05) is 5.32 Å². The van der Waals surface area contributed by atoms with Crippen LogP contribution in [0, 0.1) is 0 Å². The summed E-state index contributed by atoms with van der Waals surface area (Å²) < 4.78 is 6.67. The SMILES string of the molecule is Cn1cc(NC(=O)c2cc(-c3cnccn3)on2)cn1.[HH]. The normalized spacial score (nSPS) is 10.4. The molecule has 3 rings (SSSR count). The van der Waals surface area contributed by atoms with Crippen molar-refractivity contribution in [2.45, 2.75) is 0 Å². The van der Waals surface area contributed by atoms with Crippen LogP contribution in [0.15, 0.2) is 41.6 Å². The van der Waals surface area contributed by atoms with E-state index in [0.717, 1.165) is 0 Å². The Morgan fingerprint density at radius 3 is 3.00 bits per heavy atom. The van der Waals surface area contributed by atoms with Gasteiger partial charge < -0.3 is 9.84 Å². The standard InChI is InChI=1S/C12H10N6O2.H2/c1-18-7-8(5-15-18)16-12(19)9-4-11(20-17-9)10-6-13-2-3-14-10;/h2-7H,1H3,(H,16,19);1H. The molecule has 20 heavy (non-hydrogen) atoms. The van der Waals surface area contributed by atoms with Gasteiger partial charge in [-0.2, -0.15) is 5.10 Å². The number of hydrogen-bond acceptors (Lipinski definition) is 6. The molecule has 0 atom stereocenters. The Kier molecular flexibility index (Phi) is 2.96. The highest BCUT2D eigenvalue weighted by Gasteiger charge is 2.15. The highest BCUT2D eigenvalue weighted by molar-refractivity contribution is 6.03. The second kappa shape index (κ2) is 4.92. The van der Waals surface area contributed by atoms with Gasteiger partial charge >= 0.3 is 0 Å². The molecule has 0 aromatic carbocycles. The Hall–Kier alpha value is -3.03. The minimum Gasteiger partial charge on any atom is -0.354 e. The van der Waals surface area contributed by atoms with Gasteiger partial charge in [0.1, 0.15) is 5.69 Å². The van der Waals surface area contributed by atoms with E-state index < -0.39 is 0 Å². The molecule has 1 amide bonds. The molecule has 0 aliphatic rings. The molecule has 3 heterocycles. The quantitative estimate of drug-likeness (QED) is 0.773. The molecule has 3 aromatic rings. The van der Waals surface area contributed by atoms with Crippen LogP contribution in [-0.4, -0.2) is 30.8 Å². The molecule has 8 nitrogen and oxygen atoms in total. The molecule has 3 aromatic heterocycles. The van der Waals surface area contributed by atoms with Crippen LogP contribution in [0.2, 0.25) is 0 Å². The van der Waals surface area contributed by atoms with Crippen molar-refractivity contribution in [3.63, 3.8) is 0 Å². The van der Waals surface area contributed by atoms with Crippen LogP contribution in [0.3, 0.4) is 0 Å². The maximum atomic E-state index is 12.0. The molecule has 8 heteroatoms. The molecule has 0 unspecified atom stereocenters. The molecule has 0 saturated heterocycles. The van der Waals surface area contributed by atoms with Gasteiger partial charge in [0, 0.05) is 33.1 Å². The number of rotatable bonds is 3. The van der Waals surface area contributed by atoms with Crippen LogP contribution in [0.5, 0.6) is 0 Å². The van der Waals surface area contributed by atoms with Crippen LogP contribution in [0.25, 0.3) is 11.5 Å². The molecule has 102 valence electrons. The van der Waals surface area contributed by atoms with Gasteiger partial charge in [0.2, 0.25) is 0 Å². The molecule has 0 aliphatic carbocycles. The van der Waals surface area contributed by atoms with E-state index in [2.05, 4.69) is 25.5 Å². The van der Waals surface area contributed by atoms with Gasteiger partial charge in [0.05, 0.1) is 18.1 Å². The lowest BCUT2D eigenvalue weighted by atomic mass is 10.3. The third-order valence-corrected chi connectivity index (χ3v) is 2.52. The van der Waals surface area contributed by atoms with Gasteiger partial charge in [0.15, 0.2) is 11.5 Å². The minimum atomic E-state index is -0.378. The summed E-state index contributed by atoms with van der Waals surface area (Å²) in [6.07, 6.45) is 7.84. The summed E-state index contributed by atoms with van der Waals surface area (Å²) in [5.41, 5.74) is 1.26. The van der Waals surface area contributed by atoms with E-state index in [1.54, 1.807) is 30.3 Å². The van der Waals surface area contributed by atoms with Crippen molar-refractivity contribution >= 4 is 11.6 Å². The largest absolute Gasteiger partial charge is 0.354 e. The summed E-state index contributed by atoms with van der Waals surface area (Å²) in [4.78, 5) is 20.0. The summed E-state index contributed by atoms with van der Waals surface area (Å²) in [6.45, 7) is 0. The Bertz CT molecular complexity index is 739. The zero-order chi connectivity index (χ0) is 13.9. The van der Waals surface area contributed by atoms with Crippen molar-refractivity contribution in [3.8, 4) is 11.5 Å². The van der Waals surface area contributed by atoms with Crippen molar-refractivity contribution in [1.82, 2.24) is 24.9 Å². The van der Waals surface area contributed by atoms with E-state index in [0.29, 0.717) is 17.1 Å². The van der Waals surface area contributed by atoms with Crippen molar-refractivity contribution in [3.05, 3.63) is 42.7 Å². The summed E-state index contributed by atoms with van der Waals surface area (Å²) in [5, 5.41) is 10.3. The lowest BCUT2D eigenvalue weighted by Gasteiger charge is -1.96. The predicted molar refractivity (Wildman–Crippen MR) is 70.8 cm³/mol. The molecule has 0 bridgehead atoms. The lowest BCUT2D eigenvalue weighted by molar-refractivity contribution is 0.101. The third kappa shape index (κ3) is 2.39. The summed E-state index contributed by atoms with van der Waals surface area (Å²) >= 11 is 0. The molecule has 1 N–H and O–H groups in total. The third-order valence-electron chi connectivity index (χ3n) is 2.52. The summed E-state index contributed by atoms with van der Waals surface area (Å²) in [7, 11) is 1.76. The molecule has 0 spiro atoms. The van der Waals surface area contributed by atoms with Gasteiger partial charge in [0.25, 0.3) is 5.91 Å². The average molecular weight is 272 g/mol. The molecular formula is C12H12N6O2. The smallest absolute Gasteiger partial charge is 0.277 e. The van der Waals surface area contributed by atoms with Crippen LogP contribution in [0.4, 0.5) is 5.69 Å². The molecular weight excluding hydrogens is 260 g/mol. The topological polar surface area (TPSA) is 98.7 Å². The van der Waals surface area contributed by atoms with Crippen molar-refractivity contribution in [2.24, 2.45) is 7.05 Å². The average Bonchev–Trinajstić information content (AvgIpc) is 3.09. The van der Waals surface area contributed by atoms with Gasteiger partial charge in [-0.25, -0.2) is 4.98 Å². The number of nitrogens with zero attached hydrogens (tertiary/aromatic N) is 5. The monoisotopic (exact) mass is 272 g/mol. The molecule has 0 radical (unpaired) electrons. The van der Waals surface area contributed by atoms with Gasteiger partial charge in [-0.05, 0) is 0 Å². The fourth-order valence-electron chi connectivity index (χ4n) is 1.61. The van der Waals surface area contributed by atoms with E-state index in [1.165, 1.54) is 18.5 Å². The predicted octanol–water partition coefficient (Wildman–Crippen LogP) is 1.36. The second-order valence-corrected chi connectivity index (χ2v) is 4.02. The van der Waals surface area contributed by atoms with Crippen molar-refractivity contribution < 1.29 is 10.7 Å². The van der Waals surface area contributed by atoms with E-state index in [1.807, 2.05) is 0 Å². The van der Waals surface area contributed by atoms with E-state index >= 15 is 0 Å². The molecule has 0 fully saturated rings. The van der Waals surface area contributed by atoms with Gasteiger partial charge in [-0.3, -0.25) is 14.5 Å². The Morgan fingerprint density at radius 1 is 1.40 bits per heavy atom. The van der Waals surface area contributed by atoms with E-state index in [4.69, 9.17) is 4.52 Å². The first-order valence-corrected chi connectivity index (χ1v) is 5.75. The zero-order valence-electron chi connectivity index (χ0n) is 10.5. The summed E-state index contributed by atoms with van der Waals surface area (Å²) in [5.74, 6) is 0.00586. The van der Waals surface area contributed by atoms with Crippen LogP contribution in [-0.2, 0) is 7.05 Å². The van der Waals surface area contributed by atoms with Crippen LogP contribution < -0.4 is 5.32 Å². The van der Waals surface area contributed by atoms with Crippen LogP contribution in [0.1, 0.15) is 11.9 Å². The van der Waals surface area contributed by atoms with E-state index in [9.17, 15) is 4.79 Å². The number of anilines is 1. The Labute approximate surface area is 114 Å². The maximum absolute atomic E-state index is 12.0. The highest BCUT2D eigenvalue weighted by Crippen LogP contribution is 2.17. The molecule has 0 aliphatic heterocycles. The number of aromatic nitrogens is 5. The van der Waals surface area contributed by atoms with Gasteiger partial charge in [-0.15, -0.1) is 0 Å². The van der Waals surface area contributed by atoms with Gasteiger partial charge in [-0.1, -0.05) is 5.16 Å². The Balaban J connectivity index is 0.00000161. The first-order valence-electron chi connectivity index (χ1n) is 5.75. The van der Waals surface area contributed by atoms with Crippen molar-refractivity contribution in [1.29, 1.82) is 0 Å². The number of carbonyl (C=O) groups excluding carboxylic acids is 1. The molecule has 0 saturated carbocycles. The highest BCUT2D eigenvalue weighted by atomic mass is 16.5. The number of amides is 1. The minimum absolute atomic E-state index is 0. The van der Waals surface area contributed by atoms with Crippen LogP contribution >= 0.6 is 0 Å². The number of aryl methyl sites for hydroxylation is 1.